The molecule has 7 nitrogen and oxygen atoms in total. The summed E-state index contributed by atoms with van der Waals surface area (Å²) in [6.07, 6.45) is 0. The molecule has 1 aliphatic heterocycles. The number of thiocarbonyl (C=S) groups is 1. The minimum atomic E-state index is -0.487. The predicted octanol–water partition coefficient (Wildman–Crippen LogP) is 3.76. The van der Waals surface area contributed by atoms with E-state index in [2.05, 4.69) is 53.2 Å². The summed E-state index contributed by atoms with van der Waals surface area (Å²) in [4.78, 5) is 31.5. The second-order valence-corrected chi connectivity index (χ2v) is 9.61. The van der Waals surface area contributed by atoms with Crippen molar-refractivity contribution in [3.8, 4) is 0 Å². The number of aryl methyl sites for hydroxylation is 1. The maximum absolute atomic E-state index is 12.6. The third-order valence-corrected chi connectivity index (χ3v) is 7.19. The van der Waals surface area contributed by atoms with Crippen LogP contribution in [0.25, 0.3) is 0 Å². The minimum Gasteiger partial charge on any atom is -0.465 e. The van der Waals surface area contributed by atoms with Gasteiger partial charge in [0, 0.05) is 45.5 Å². The number of anilines is 2. The summed E-state index contributed by atoms with van der Waals surface area (Å²) in [7, 11) is 4.71. The van der Waals surface area contributed by atoms with E-state index in [1.54, 1.807) is 21.0 Å². The van der Waals surface area contributed by atoms with Gasteiger partial charge < -0.3 is 24.8 Å². The number of ether oxygens (including phenoxy) is 1. The van der Waals surface area contributed by atoms with Crippen LogP contribution in [0.15, 0.2) is 24.3 Å². The van der Waals surface area contributed by atoms with Crippen LogP contribution in [0.5, 0.6) is 0 Å². The number of benzene rings is 1. The van der Waals surface area contributed by atoms with Crippen LogP contribution in [0.2, 0.25) is 0 Å². The van der Waals surface area contributed by atoms with E-state index in [9.17, 15) is 9.59 Å². The first-order chi connectivity index (χ1) is 15.1. The van der Waals surface area contributed by atoms with Crippen molar-refractivity contribution < 1.29 is 14.3 Å². The van der Waals surface area contributed by atoms with E-state index in [-0.39, 0.29) is 11.9 Å². The third-order valence-electron chi connectivity index (χ3n) is 5.64. The molecule has 1 N–H and O–H groups in total. The fourth-order valence-corrected chi connectivity index (χ4v) is 5.34. The number of nitrogens with one attached hydrogen (secondary N) is 1. The highest BCUT2D eigenvalue weighted by atomic mass is 32.1. The molecular weight excluding hydrogens is 444 g/mol. The van der Waals surface area contributed by atoms with Crippen LogP contribution in [0.3, 0.4) is 0 Å². The maximum atomic E-state index is 12.6. The summed E-state index contributed by atoms with van der Waals surface area (Å²) in [5, 5.41) is 4.30. The molecule has 1 aromatic carbocycles. The molecule has 9 heteroatoms. The maximum Gasteiger partial charge on any atom is 0.341 e. The van der Waals surface area contributed by atoms with E-state index in [0.717, 1.165) is 19.6 Å². The van der Waals surface area contributed by atoms with E-state index in [1.165, 1.54) is 34.6 Å². The van der Waals surface area contributed by atoms with Gasteiger partial charge in [-0.15, -0.1) is 11.3 Å². The van der Waals surface area contributed by atoms with Crippen molar-refractivity contribution in [1.82, 2.24) is 9.80 Å². The fraction of sp³-hybridized carbons (Fsp3) is 0.435. The van der Waals surface area contributed by atoms with Crippen LogP contribution in [0, 0.1) is 13.8 Å². The van der Waals surface area contributed by atoms with Crippen LogP contribution >= 0.6 is 23.6 Å². The van der Waals surface area contributed by atoms with E-state index in [1.807, 2.05) is 0 Å². The Kier molecular flexibility index (Phi) is 7.40. The monoisotopic (exact) mass is 474 g/mol. The number of methoxy groups -OCH3 is 1. The van der Waals surface area contributed by atoms with Crippen LogP contribution in [0.4, 0.5) is 10.7 Å². The van der Waals surface area contributed by atoms with Gasteiger partial charge in [-0.3, -0.25) is 4.79 Å². The highest BCUT2D eigenvalue weighted by Gasteiger charge is 2.29. The summed E-state index contributed by atoms with van der Waals surface area (Å²) in [6.45, 7) is 8.37. The van der Waals surface area contributed by atoms with Gasteiger partial charge in [0.25, 0.3) is 5.91 Å². The normalized spacial score (nSPS) is 16.0. The van der Waals surface area contributed by atoms with Gasteiger partial charge in [-0.1, -0.05) is 17.7 Å². The molecule has 1 atom stereocenters. The number of piperazine rings is 1. The average Bonchev–Trinajstić information content (AvgIpc) is 3.08. The van der Waals surface area contributed by atoms with E-state index in [0.29, 0.717) is 26.1 Å². The lowest BCUT2D eigenvalue weighted by Crippen LogP contribution is -2.54. The standard InChI is InChI=1S/C23H30N4O3S2/c1-14-7-9-17(10-8-14)27-12-11-26(13-15(27)2)23(31)24-20-18(22(29)30-6)16(3)19(32-20)21(28)25(4)5/h7-10,15H,11-13H2,1-6H3,(H,24,31). The Morgan fingerprint density at radius 1 is 1.19 bits per heavy atom. The van der Waals surface area contributed by atoms with Gasteiger partial charge in [-0.05, 0) is 50.7 Å². The Hall–Kier alpha value is -2.65. The van der Waals surface area contributed by atoms with Crippen molar-refractivity contribution in [2.24, 2.45) is 0 Å². The Morgan fingerprint density at radius 2 is 1.84 bits per heavy atom. The molecule has 2 heterocycles. The molecule has 0 saturated carbocycles. The molecule has 1 aliphatic rings. The van der Waals surface area contributed by atoms with Gasteiger partial charge in [-0.25, -0.2) is 4.79 Å². The number of thiophene rings is 1. The number of hydrogen-bond acceptors (Lipinski definition) is 6. The molecule has 3 rings (SSSR count). The summed E-state index contributed by atoms with van der Waals surface area (Å²) >= 11 is 6.92. The quantitative estimate of drug-likeness (QED) is 0.535. The molecule has 32 heavy (non-hydrogen) atoms. The summed E-state index contributed by atoms with van der Waals surface area (Å²) in [5.41, 5.74) is 3.40. The van der Waals surface area contributed by atoms with Gasteiger partial charge in [0.1, 0.15) is 5.00 Å². The van der Waals surface area contributed by atoms with Gasteiger partial charge in [0.2, 0.25) is 0 Å². The van der Waals surface area contributed by atoms with Crippen molar-refractivity contribution >= 4 is 51.2 Å². The van der Waals surface area contributed by atoms with Crippen LogP contribution in [0.1, 0.15) is 38.1 Å². The zero-order chi connectivity index (χ0) is 23.6. The molecule has 0 aliphatic carbocycles. The highest BCUT2D eigenvalue weighted by Crippen LogP contribution is 2.34. The van der Waals surface area contributed by atoms with Crippen LogP contribution in [-0.2, 0) is 4.74 Å². The number of hydrogen-bond donors (Lipinski definition) is 1. The molecule has 0 spiro atoms. The molecule has 1 aromatic heterocycles. The number of amides is 1. The zero-order valence-corrected chi connectivity index (χ0v) is 21.0. The van der Waals surface area contributed by atoms with E-state index in [4.69, 9.17) is 17.0 Å². The molecule has 1 saturated heterocycles. The number of rotatable bonds is 4. The van der Waals surface area contributed by atoms with E-state index < -0.39 is 5.97 Å². The van der Waals surface area contributed by atoms with Crippen LogP contribution in [-0.4, -0.2) is 73.7 Å². The Bertz CT molecular complexity index is 1020. The van der Waals surface area contributed by atoms with Crippen LogP contribution < -0.4 is 10.2 Å². The SMILES string of the molecule is COC(=O)c1c(NC(=S)N2CCN(c3ccc(C)cc3)C(C)C2)sc(C(=O)N(C)C)c1C. The minimum absolute atomic E-state index is 0.156. The summed E-state index contributed by atoms with van der Waals surface area (Å²) in [5.74, 6) is -0.642. The lowest BCUT2D eigenvalue weighted by molar-refractivity contribution is 0.0601. The zero-order valence-electron chi connectivity index (χ0n) is 19.4. The van der Waals surface area contributed by atoms with Crippen molar-refractivity contribution in [2.45, 2.75) is 26.8 Å². The number of carbonyl (C=O) groups excluding carboxylic acids is 2. The van der Waals surface area contributed by atoms with Crippen molar-refractivity contribution in [1.29, 1.82) is 0 Å². The Labute approximate surface area is 198 Å². The number of carbonyl (C=O) groups is 2. The van der Waals surface area contributed by atoms with Crippen molar-refractivity contribution in [3.05, 3.63) is 45.8 Å². The smallest absolute Gasteiger partial charge is 0.341 e. The second-order valence-electron chi connectivity index (χ2n) is 8.21. The molecular formula is C23H30N4O3S2. The number of nitrogens with zero attached hydrogens (tertiary/aromatic N) is 3. The second kappa shape index (κ2) is 9.87. The van der Waals surface area contributed by atoms with Crippen molar-refractivity contribution in [2.75, 3.05) is 51.1 Å². The molecule has 1 fully saturated rings. The molecule has 2 aromatic rings. The van der Waals surface area contributed by atoms with Gasteiger partial charge >= 0.3 is 5.97 Å². The summed E-state index contributed by atoms with van der Waals surface area (Å²) < 4.78 is 4.97. The molecule has 1 unspecified atom stereocenters. The average molecular weight is 475 g/mol. The first-order valence-electron chi connectivity index (χ1n) is 10.5. The molecule has 0 radical (unpaired) electrons. The van der Waals surface area contributed by atoms with E-state index >= 15 is 0 Å². The third kappa shape index (κ3) is 4.88. The molecule has 172 valence electrons. The summed E-state index contributed by atoms with van der Waals surface area (Å²) in [6, 6.07) is 8.82. The first kappa shape index (κ1) is 24.0. The van der Waals surface area contributed by atoms with Gasteiger partial charge in [-0.2, -0.15) is 0 Å². The molecule has 1 amide bonds. The lowest BCUT2D eigenvalue weighted by Gasteiger charge is -2.42. The largest absolute Gasteiger partial charge is 0.465 e. The highest BCUT2D eigenvalue weighted by molar-refractivity contribution is 7.80. The number of esters is 1. The Morgan fingerprint density at radius 3 is 2.41 bits per heavy atom. The van der Waals surface area contributed by atoms with Gasteiger partial charge in [0.15, 0.2) is 5.11 Å². The van der Waals surface area contributed by atoms with Gasteiger partial charge in [0.05, 0.1) is 17.6 Å². The topological polar surface area (TPSA) is 65.1 Å². The van der Waals surface area contributed by atoms with Crippen molar-refractivity contribution in [3.63, 3.8) is 0 Å². The fourth-order valence-electron chi connectivity index (χ4n) is 3.79. The predicted molar refractivity (Wildman–Crippen MR) is 134 cm³/mol. The molecule has 0 bridgehead atoms. The Balaban J connectivity index is 1.77. The lowest BCUT2D eigenvalue weighted by atomic mass is 10.1. The first-order valence-corrected chi connectivity index (χ1v) is 11.7.